The SMILES string of the molecule is COc1ccc(C2=CN3C(=O)c4cc(OC)c(OCCCOc5cc6c(cc5OC)C(=O)N5CC7(CC7)C[C@H]5C(O)N6C(=O)OCc5ccc(NC(=O)[C@H](C)NC(=O)[C@@H](NC(=O)COCCOCCNC(=O)CCC(=O)N6Cc7ccccc7-c7c(nnn7C(C)C)-c7ccccc76)C(C)C)cc5)cc4NC[C@@H]3C2)cc1. The molecular weight excluding hydrogens is 1420 g/mol. The number of aliphatic hydroxyl groups is 1. The van der Waals surface area contributed by atoms with Gasteiger partial charge in [-0.2, -0.15) is 0 Å². The van der Waals surface area contributed by atoms with E-state index in [9.17, 15) is 43.5 Å². The van der Waals surface area contributed by atoms with Crippen molar-refractivity contribution in [1.29, 1.82) is 0 Å². The Balaban J connectivity index is 0.542. The second-order valence-corrected chi connectivity index (χ2v) is 29.2. The number of nitrogens with one attached hydrogen (secondary N) is 5. The van der Waals surface area contributed by atoms with Crippen molar-refractivity contribution in [2.75, 3.05) is 101 Å². The van der Waals surface area contributed by atoms with Gasteiger partial charge in [-0.1, -0.05) is 85.8 Å². The molecule has 6 aliphatic rings. The van der Waals surface area contributed by atoms with Gasteiger partial charge in [-0.25, -0.2) is 14.4 Å². The fraction of sp³-hybridized carbons (Fsp3) is 0.415. The molecule has 8 amide bonds. The molecule has 6 aromatic carbocycles. The maximum atomic E-state index is 14.5. The molecule has 2 fully saturated rings. The molecule has 5 atom stereocenters. The standard InChI is InChI=1S/C82H94N12O17/c1-48(2)73(87-71(96)46-108-35-34-107-33-30-83-70(95)26-27-72(97)91-43-53-14-9-10-15-58(53)75-74(88-89-94(75)49(3)4)59-16-11-12-17-63(59)91)77(99)85-50(5)76(98)86-55-22-18-51(19-23-55)45-111-81(103)93-64-40-69(67(106-8)38-61(64)79(101)92-47-82(28-29-82)41-65(92)80(93)102)110-32-13-31-109-68-39-62-60(37-66(68)105-7)78(100)90-44-54(36-56(90)42-84-62)52-20-24-57(104-6)25-21-52/h9-12,14-25,37-40,44,48-50,56,65,73,80,84,102H,13,26-36,41-43,45-47H2,1-8H3,(H,83,95)(H,85,99)(H,86,98)(H,87,96)/t50-,56-,65-,73-,80?/m0/s1. The molecule has 5 aliphatic heterocycles. The number of anilines is 4. The van der Waals surface area contributed by atoms with Gasteiger partial charge >= 0.3 is 6.09 Å². The molecule has 1 aliphatic carbocycles. The summed E-state index contributed by atoms with van der Waals surface area (Å²) in [5.41, 5.74) is 8.95. The maximum Gasteiger partial charge on any atom is 0.416 e. The summed E-state index contributed by atoms with van der Waals surface area (Å²) in [5.74, 6) is -1.18. The predicted molar refractivity (Wildman–Crippen MR) is 411 cm³/mol. The van der Waals surface area contributed by atoms with Crippen molar-refractivity contribution >= 4 is 75.8 Å². The first-order valence-electron chi connectivity index (χ1n) is 37.5. The summed E-state index contributed by atoms with van der Waals surface area (Å²) in [5, 5.41) is 35.7. The summed E-state index contributed by atoms with van der Waals surface area (Å²) in [4.78, 5) is 116. The molecule has 6 heterocycles. The van der Waals surface area contributed by atoms with Gasteiger partial charge in [0.05, 0.1) is 107 Å². The van der Waals surface area contributed by atoms with Gasteiger partial charge in [0.2, 0.25) is 29.5 Å². The summed E-state index contributed by atoms with van der Waals surface area (Å²) in [6.45, 7) is 10.4. The van der Waals surface area contributed by atoms with Crippen molar-refractivity contribution in [2.24, 2.45) is 11.3 Å². The van der Waals surface area contributed by atoms with E-state index in [-0.39, 0.29) is 135 Å². The van der Waals surface area contributed by atoms with E-state index in [1.807, 2.05) is 97.5 Å². The summed E-state index contributed by atoms with van der Waals surface area (Å²) >= 11 is 0. The van der Waals surface area contributed by atoms with Crippen molar-refractivity contribution in [3.63, 3.8) is 0 Å². The summed E-state index contributed by atoms with van der Waals surface area (Å²) in [6, 6.07) is 33.3. The summed E-state index contributed by atoms with van der Waals surface area (Å²) in [6.07, 6.45) is 2.72. The van der Waals surface area contributed by atoms with E-state index in [4.69, 9.17) is 37.9 Å². The Morgan fingerprint density at radius 1 is 0.694 bits per heavy atom. The lowest BCUT2D eigenvalue weighted by Gasteiger charge is -2.31. The molecule has 1 saturated carbocycles. The van der Waals surface area contributed by atoms with Crippen LogP contribution in [0.2, 0.25) is 0 Å². The quantitative estimate of drug-likeness (QED) is 0.0228. The highest BCUT2D eigenvalue weighted by molar-refractivity contribution is 6.07. The van der Waals surface area contributed by atoms with Gasteiger partial charge in [-0.15, -0.1) is 5.10 Å². The summed E-state index contributed by atoms with van der Waals surface area (Å²) in [7, 11) is 4.58. The lowest BCUT2D eigenvalue weighted by molar-refractivity contribution is -0.133. The minimum absolute atomic E-state index is 0.0334. The molecule has 6 N–H and O–H groups in total. The van der Waals surface area contributed by atoms with Crippen LogP contribution in [-0.2, 0) is 51.3 Å². The summed E-state index contributed by atoms with van der Waals surface area (Å²) < 4.78 is 48.3. The normalized spacial score (nSPS) is 17.5. The topological polar surface area (TPSA) is 334 Å². The third kappa shape index (κ3) is 17.2. The highest BCUT2D eigenvalue weighted by atomic mass is 16.6. The molecule has 584 valence electrons. The molecule has 29 nitrogen and oxygen atoms in total. The Bertz CT molecular complexity index is 4670. The van der Waals surface area contributed by atoms with Crippen molar-refractivity contribution in [2.45, 2.75) is 129 Å². The third-order valence-corrected chi connectivity index (χ3v) is 20.9. The predicted octanol–water partition coefficient (Wildman–Crippen LogP) is 9.28. The van der Waals surface area contributed by atoms with Gasteiger partial charge in [0.1, 0.15) is 36.7 Å². The van der Waals surface area contributed by atoms with Gasteiger partial charge in [0, 0.05) is 80.1 Å². The maximum absolute atomic E-state index is 14.5. The Morgan fingerprint density at radius 3 is 2.11 bits per heavy atom. The third-order valence-electron chi connectivity index (χ3n) is 20.9. The molecule has 111 heavy (non-hydrogen) atoms. The van der Waals surface area contributed by atoms with Crippen LogP contribution in [0, 0.1) is 11.3 Å². The zero-order valence-corrected chi connectivity index (χ0v) is 63.5. The van der Waals surface area contributed by atoms with Crippen LogP contribution in [0.25, 0.3) is 28.1 Å². The molecule has 29 heteroatoms. The average molecular weight is 1520 g/mol. The lowest BCUT2D eigenvalue weighted by atomic mass is 9.95. The zero-order valence-electron chi connectivity index (χ0n) is 63.5. The number of hydrogen-bond donors (Lipinski definition) is 6. The smallest absolute Gasteiger partial charge is 0.416 e. The number of ether oxygens (including phenoxy) is 8. The fourth-order valence-corrected chi connectivity index (χ4v) is 14.7. The molecule has 1 unspecified atom stereocenters. The number of carbonyl (C=O) groups is 8. The first-order chi connectivity index (χ1) is 53.6. The van der Waals surface area contributed by atoms with Crippen LogP contribution in [0.1, 0.15) is 123 Å². The van der Waals surface area contributed by atoms with E-state index < -0.39 is 48.2 Å². The molecule has 1 aromatic heterocycles. The van der Waals surface area contributed by atoms with Crippen molar-refractivity contribution in [3.05, 3.63) is 155 Å². The molecule has 0 radical (unpaired) electrons. The number of aromatic nitrogens is 3. The van der Waals surface area contributed by atoms with E-state index >= 15 is 0 Å². The van der Waals surface area contributed by atoms with Gasteiger partial charge in [-0.3, -0.25) is 33.6 Å². The average Bonchev–Trinajstić information content (AvgIpc) is 1.53. The largest absolute Gasteiger partial charge is 0.497 e. The van der Waals surface area contributed by atoms with Gasteiger partial charge in [0.25, 0.3) is 11.8 Å². The van der Waals surface area contributed by atoms with E-state index in [2.05, 4.69) is 36.9 Å². The monoisotopic (exact) mass is 1520 g/mol. The number of nitrogens with zero attached hydrogens (tertiary/aromatic N) is 7. The Hall–Kier alpha value is -11.6. The Kier molecular flexibility index (Phi) is 23.9. The van der Waals surface area contributed by atoms with Crippen LogP contribution in [0.3, 0.4) is 0 Å². The second kappa shape index (κ2) is 34.1. The van der Waals surface area contributed by atoms with Crippen molar-refractivity contribution < 1.29 is 81.4 Å². The number of methoxy groups -OCH3 is 3. The zero-order chi connectivity index (χ0) is 78.2. The first-order valence-corrected chi connectivity index (χ1v) is 37.5. The lowest BCUT2D eigenvalue weighted by Crippen LogP contribution is -2.54. The number of amides is 8. The van der Waals surface area contributed by atoms with Crippen LogP contribution < -0.4 is 60.1 Å². The van der Waals surface area contributed by atoms with Gasteiger partial charge < -0.3 is 84.3 Å². The van der Waals surface area contributed by atoms with Crippen LogP contribution in [0.5, 0.6) is 28.7 Å². The van der Waals surface area contributed by atoms with E-state index in [0.29, 0.717) is 84.3 Å². The van der Waals surface area contributed by atoms with Crippen LogP contribution in [0.4, 0.5) is 27.5 Å². The van der Waals surface area contributed by atoms with E-state index in [0.717, 1.165) is 57.0 Å². The number of hydrogen-bond acceptors (Lipinski definition) is 20. The van der Waals surface area contributed by atoms with Crippen LogP contribution in [-0.4, -0.2) is 188 Å². The number of aliphatic hydroxyl groups excluding tert-OH is 1. The first kappa shape index (κ1) is 77.6. The molecular formula is C82H94N12O17. The van der Waals surface area contributed by atoms with E-state index in [1.165, 1.54) is 33.3 Å². The van der Waals surface area contributed by atoms with Crippen LogP contribution >= 0.6 is 0 Å². The molecule has 7 aromatic rings. The second-order valence-electron chi connectivity index (χ2n) is 29.2. The number of benzene rings is 6. The van der Waals surface area contributed by atoms with E-state index in [1.54, 1.807) is 72.1 Å². The fourth-order valence-electron chi connectivity index (χ4n) is 14.7. The van der Waals surface area contributed by atoms with Gasteiger partial charge in [0.15, 0.2) is 29.2 Å². The highest BCUT2D eigenvalue weighted by Crippen LogP contribution is 2.57. The Morgan fingerprint density at radius 2 is 1.40 bits per heavy atom. The number of rotatable bonds is 30. The van der Waals surface area contributed by atoms with Gasteiger partial charge in [-0.05, 0) is 123 Å². The molecule has 0 bridgehead atoms. The minimum atomic E-state index is -1.49. The number of fused-ring (bicyclic) bond motifs is 9. The number of para-hydroxylation sites is 1. The van der Waals surface area contributed by atoms with Crippen LogP contribution in [0.15, 0.2) is 128 Å². The molecule has 13 rings (SSSR count). The minimum Gasteiger partial charge on any atom is -0.497 e. The Labute approximate surface area is 643 Å². The van der Waals surface area contributed by atoms with Crippen molar-refractivity contribution in [3.8, 4) is 51.3 Å². The number of carbonyl (C=O) groups excluding carboxylic acids is 8. The molecule has 1 spiro atoms. The van der Waals surface area contributed by atoms with Crippen molar-refractivity contribution in [1.82, 2.24) is 40.7 Å². The molecule has 1 saturated heterocycles. The highest BCUT2D eigenvalue weighted by Gasteiger charge is 2.58.